The molecule has 94 valence electrons. The molecule has 0 saturated heterocycles. The number of carboxylic acid groups (broad SMARTS) is 1. The van der Waals surface area contributed by atoms with Crippen molar-refractivity contribution in [2.24, 2.45) is 0 Å². The van der Waals surface area contributed by atoms with E-state index < -0.39 is 5.97 Å². The lowest BCUT2D eigenvalue weighted by Crippen LogP contribution is -1.97. The summed E-state index contributed by atoms with van der Waals surface area (Å²) in [6.07, 6.45) is 1.90. The van der Waals surface area contributed by atoms with Gasteiger partial charge in [0.1, 0.15) is 17.3 Å². The lowest BCUT2D eigenvalue weighted by molar-refractivity contribution is 0.0691. The van der Waals surface area contributed by atoms with Crippen molar-refractivity contribution in [1.29, 1.82) is 0 Å². The van der Waals surface area contributed by atoms with Gasteiger partial charge in [0.2, 0.25) is 0 Å². The zero-order valence-electron chi connectivity index (χ0n) is 10.2. The molecule has 0 unspecified atom stereocenters. The molecule has 18 heavy (non-hydrogen) atoms. The molecule has 5 heteroatoms. The van der Waals surface area contributed by atoms with E-state index in [1.165, 1.54) is 6.20 Å². The van der Waals surface area contributed by atoms with Crippen LogP contribution in [0.1, 0.15) is 27.4 Å². The second-order valence-corrected chi connectivity index (χ2v) is 4.03. The van der Waals surface area contributed by atoms with E-state index in [1.807, 2.05) is 25.1 Å². The highest BCUT2D eigenvalue weighted by Gasteiger charge is 2.08. The Morgan fingerprint density at radius 2 is 2.28 bits per heavy atom. The first-order valence-corrected chi connectivity index (χ1v) is 5.51. The first-order valence-electron chi connectivity index (χ1n) is 5.51. The van der Waals surface area contributed by atoms with Crippen molar-refractivity contribution in [3.8, 4) is 5.75 Å². The molecule has 0 radical (unpaired) electrons. The third-order valence-electron chi connectivity index (χ3n) is 2.69. The number of aromatic nitrogens is 2. The van der Waals surface area contributed by atoms with E-state index in [2.05, 4.69) is 9.97 Å². The number of hydrogen-bond donors (Lipinski definition) is 2. The maximum atomic E-state index is 10.7. The number of aryl methyl sites for hydroxylation is 1. The van der Waals surface area contributed by atoms with E-state index >= 15 is 0 Å². The van der Waals surface area contributed by atoms with Crippen molar-refractivity contribution in [3.63, 3.8) is 0 Å². The fraction of sp³-hybridized carbons (Fsp3) is 0.231. The molecule has 1 aromatic heterocycles. The molecule has 0 spiro atoms. The molecule has 1 heterocycles. The molecular formula is C13H14N2O3. The highest BCUT2D eigenvalue weighted by Crippen LogP contribution is 2.19. The van der Waals surface area contributed by atoms with Gasteiger partial charge in [0, 0.05) is 6.42 Å². The minimum Gasteiger partial charge on any atom is -0.496 e. The minimum absolute atomic E-state index is 0.107. The SMILES string of the molecule is COc1ccc(Cc2ncc(C(=O)O)[nH]2)cc1C. The van der Waals surface area contributed by atoms with E-state index in [1.54, 1.807) is 7.11 Å². The van der Waals surface area contributed by atoms with Crippen molar-refractivity contribution in [1.82, 2.24) is 9.97 Å². The van der Waals surface area contributed by atoms with Crippen molar-refractivity contribution < 1.29 is 14.6 Å². The molecule has 0 aliphatic rings. The van der Waals surface area contributed by atoms with Gasteiger partial charge in [-0.3, -0.25) is 0 Å². The van der Waals surface area contributed by atoms with Crippen molar-refractivity contribution in [3.05, 3.63) is 47.0 Å². The molecule has 5 nitrogen and oxygen atoms in total. The van der Waals surface area contributed by atoms with E-state index in [0.29, 0.717) is 12.2 Å². The number of methoxy groups -OCH3 is 1. The van der Waals surface area contributed by atoms with E-state index in [-0.39, 0.29) is 5.69 Å². The van der Waals surface area contributed by atoms with Gasteiger partial charge in [0.25, 0.3) is 0 Å². The Hall–Kier alpha value is -2.30. The third kappa shape index (κ3) is 2.51. The summed E-state index contributed by atoms with van der Waals surface area (Å²) in [6.45, 7) is 1.97. The molecule has 0 fully saturated rings. The Morgan fingerprint density at radius 1 is 1.50 bits per heavy atom. The Morgan fingerprint density at radius 3 is 2.83 bits per heavy atom. The van der Waals surface area contributed by atoms with Gasteiger partial charge in [-0.15, -0.1) is 0 Å². The Balaban J connectivity index is 2.18. The number of carboxylic acids is 1. The molecule has 0 bridgehead atoms. The van der Waals surface area contributed by atoms with Crippen LogP contribution in [0.2, 0.25) is 0 Å². The second-order valence-electron chi connectivity index (χ2n) is 4.03. The monoisotopic (exact) mass is 246 g/mol. The van der Waals surface area contributed by atoms with Crippen LogP contribution in [-0.2, 0) is 6.42 Å². The summed E-state index contributed by atoms with van der Waals surface area (Å²) in [5.74, 6) is 0.473. The number of hydrogen-bond acceptors (Lipinski definition) is 3. The summed E-state index contributed by atoms with van der Waals surface area (Å²) >= 11 is 0. The lowest BCUT2D eigenvalue weighted by atomic mass is 10.1. The standard InChI is InChI=1S/C13H14N2O3/c1-8-5-9(3-4-11(8)18-2)6-12-14-7-10(15-12)13(16)17/h3-5,7H,6H2,1-2H3,(H,14,15)(H,16,17). The molecule has 0 amide bonds. The predicted octanol–water partition coefficient (Wildman–Crippen LogP) is 2.02. The Kier molecular flexibility index (Phi) is 3.32. The first-order chi connectivity index (χ1) is 8.60. The second kappa shape index (κ2) is 4.91. The molecule has 0 atom stereocenters. The number of nitrogens with zero attached hydrogens (tertiary/aromatic N) is 1. The molecule has 0 aliphatic carbocycles. The van der Waals surface area contributed by atoms with E-state index in [4.69, 9.17) is 9.84 Å². The smallest absolute Gasteiger partial charge is 0.353 e. The molecular weight excluding hydrogens is 232 g/mol. The van der Waals surface area contributed by atoms with Gasteiger partial charge in [-0.05, 0) is 24.1 Å². The maximum Gasteiger partial charge on any atom is 0.353 e. The zero-order chi connectivity index (χ0) is 13.1. The van der Waals surface area contributed by atoms with Gasteiger partial charge in [-0.25, -0.2) is 9.78 Å². The maximum absolute atomic E-state index is 10.7. The number of H-pyrrole nitrogens is 1. The van der Waals surface area contributed by atoms with Crippen LogP contribution in [0.5, 0.6) is 5.75 Å². The van der Waals surface area contributed by atoms with Crippen LogP contribution in [0.25, 0.3) is 0 Å². The summed E-state index contributed by atoms with van der Waals surface area (Å²) in [6, 6.07) is 5.84. The number of rotatable bonds is 4. The minimum atomic E-state index is -1.00. The predicted molar refractivity (Wildman–Crippen MR) is 66.1 cm³/mol. The van der Waals surface area contributed by atoms with E-state index in [0.717, 1.165) is 16.9 Å². The molecule has 2 aromatic rings. The van der Waals surface area contributed by atoms with Gasteiger partial charge in [0.05, 0.1) is 13.3 Å². The number of benzene rings is 1. The first kappa shape index (κ1) is 12.2. The summed E-state index contributed by atoms with van der Waals surface area (Å²) in [7, 11) is 1.63. The molecule has 0 saturated carbocycles. The van der Waals surface area contributed by atoms with Gasteiger partial charge < -0.3 is 14.8 Å². The number of carbonyl (C=O) groups is 1. The van der Waals surface area contributed by atoms with Gasteiger partial charge in [0.15, 0.2) is 0 Å². The zero-order valence-corrected chi connectivity index (χ0v) is 10.2. The van der Waals surface area contributed by atoms with Crippen molar-refractivity contribution >= 4 is 5.97 Å². The molecule has 0 aliphatic heterocycles. The lowest BCUT2D eigenvalue weighted by Gasteiger charge is -2.06. The van der Waals surface area contributed by atoms with Crippen LogP contribution >= 0.6 is 0 Å². The Labute approximate surface area is 104 Å². The topological polar surface area (TPSA) is 75.2 Å². The average Bonchev–Trinajstić information content (AvgIpc) is 2.78. The average molecular weight is 246 g/mol. The summed E-state index contributed by atoms with van der Waals surface area (Å²) < 4.78 is 5.18. The summed E-state index contributed by atoms with van der Waals surface area (Å²) in [5.41, 5.74) is 2.20. The highest BCUT2D eigenvalue weighted by molar-refractivity contribution is 5.85. The quantitative estimate of drug-likeness (QED) is 0.865. The fourth-order valence-corrected chi connectivity index (χ4v) is 1.80. The van der Waals surface area contributed by atoms with Crippen LogP contribution < -0.4 is 4.74 Å². The molecule has 1 aromatic carbocycles. The number of aromatic amines is 1. The molecule has 2 N–H and O–H groups in total. The number of ether oxygens (including phenoxy) is 1. The van der Waals surface area contributed by atoms with Gasteiger partial charge >= 0.3 is 5.97 Å². The largest absolute Gasteiger partial charge is 0.496 e. The van der Waals surface area contributed by atoms with Crippen LogP contribution in [0.3, 0.4) is 0 Å². The van der Waals surface area contributed by atoms with Crippen molar-refractivity contribution in [2.75, 3.05) is 7.11 Å². The molecule has 2 rings (SSSR count). The third-order valence-corrected chi connectivity index (χ3v) is 2.69. The van der Waals surface area contributed by atoms with E-state index in [9.17, 15) is 4.79 Å². The Bertz CT molecular complexity index is 575. The summed E-state index contributed by atoms with van der Waals surface area (Å²) in [4.78, 5) is 17.5. The van der Waals surface area contributed by atoms with Crippen LogP contribution in [0, 0.1) is 6.92 Å². The van der Waals surface area contributed by atoms with Gasteiger partial charge in [-0.2, -0.15) is 0 Å². The summed E-state index contributed by atoms with van der Waals surface area (Å²) in [5, 5.41) is 8.79. The van der Waals surface area contributed by atoms with Gasteiger partial charge in [-0.1, -0.05) is 12.1 Å². The van der Waals surface area contributed by atoms with Crippen LogP contribution in [0.4, 0.5) is 0 Å². The number of nitrogens with one attached hydrogen (secondary N) is 1. The van der Waals surface area contributed by atoms with Crippen molar-refractivity contribution in [2.45, 2.75) is 13.3 Å². The normalized spacial score (nSPS) is 10.3. The highest BCUT2D eigenvalue weighted by atomic mass is 16.5. The number of aromatic carboxylic acids is 1. The fourth-order valence-electron chi connectivity index (χ4n) is 1.80. The van der Waals surface area contributed by atoms with Crippen LogP contribution in [-0.4, -0.2) is 28.2 Å². The van der Waals surface area contributed by atoms with Crippen LogP contribution in [0.15, 0.2) is 24.4 Å². The number of imidazole rings is 1.